The molecule has 0 aliphatic rings. The first-order valence-corrected chi connectivity index (χ1v) is 5.33. The van der Waals surface area contributed by atoms with E-state index in [1.54, 1.807) is 6.20 Å². The Morgan fingerprint density at radius 3 is 2.80 bits per heavy atom. The Balaban J connectivity index is 2.43. The van der Waals surface area contributed by atoms with Gasteiger partial charge in [0.05, 0.1) is 6.20 Å². The summed E-state index contributed by atoms with van der Waals surface area (Å²) < 4.78 is 0. The Bertz CT molecular complexity index is 298. The quantitative estimate of drug-likeness (QED) is 0.790. The van der Waals surface area contributed by atoms with E-state index in [-0.39, 0.29) is 0 Å². The van der Waals surface area contributed by atoms with Crippen LogP contribution in [0.4, 0.5) is 5.82 Å². The predicted molar refractivity (Wildman–Crippen MR) is 63.2 cm³/mol. The van der Waals surface area contributed by atoms with Crippen molar-refractivity contribution in [3.8, 4) is 0 Å². The maximum Gasteiger partial charge on any atom is 0.151 e. The maximum atomic E-state index is 4.09. The van der Waals surface area contributed by atoms with Crippen LogP contribution in [0.2, 0.25) is 0 Å². The summed E-state index contributed by atoms with van der Waals surface area (Å²) in [5.74, 6) is 0.931. The van der Waals surface area contributed by atoms with Gasteiger partial charge >= 0.3 is 0 Å². The van der Waals surface area contributed by atoms with Gasteiger partial charge in [-0.3, -0.25) is 0 Å². The minimum atomic E-state index is 0.530. The molecule has 84 valence electrons. The van der Waals surface area contributed by atoms with E-state index in [1.165, 1.54) is 0 Å². The molecule has 1 aromatic heterocycles. The predicted octanol–water partition coefficient (Wildman–Crippen LogP) is 1.22. The zero-order valence-electron chi connectivity index (χ0n) is 9.99. The lowest BCUT2D eigenvalue weighted by atomic mass is 10.3. The average molecular weight is 208 g/mol. The van der Waals surface area contributed by atoms with E-state index in [1.807, 2.05) is 20.0 Å². The van der Waals surface area contributed by atoms with Crippen LogP contribution >= 0.6 is 0 Å². The number of likely N-dealkylation sites (N-methyl/N-ethyl adjacent to an activating group) is 1. The van der Waals surface area contributed by atoms with Gasteiger partial charge in [0, 0.05) is 26.2 Å². The first kappa shape index (κ1) is 11.9. The van der Waals surface area contributed by atoms with Gasteiger partial charge in [-0.1, -0.05) is 13.8 Å². The van der Waals surface area contributed by atoms with Gasteiger partial charge in [-0.05, 0) is 18.6 Å². The lowest BCUT2D eigenvalue weighted by molar-refractivity contribution is 0.588. The molecule has 15 heavy (non-hydrogen) atoms. The molecule has 0 spiro atoms. The molecule has 0 amide bonds. The zero-order chi connectivity index (χ0) is 11.3. The fourth-order valence-corrected chi connectivity index (χ4v) is 1.27. The van der Waals surface area contributed by atoms with Crippen LogP contribution in [0, 0.1) is 6.92 Å². The van der Waals surface area contributed by atoms with Crippen LogP contribution in [-0.2, 0) is 0 Å². The molecule has 0 aliphatic carbocycles. The molecule has 0 aromatic carbocycles. The summed E-state index contributed by atoms with van der Waals surface area (Å²) in [6.07, 6.45) is 1.77. The van der Waals surface area contributed by atoms with E-state index in [4.69, 9.17) is 0 Å². The average Bonchev–Trinajstić information content (AvgIpc) is 2.17. The van der Waals surface area contributed by atoms with E-state index < -0.39 is 0 Å². The molecular weight excluding hydrogens is 188 g/mol. The van der Waals surface area contributed by atoms with Crippen LogP contribution in [-0.4, -0.2) is 36.4 Å². The first-order chi connectivity index (χ1) is 7.09. The molecule has 0 bridgehead atoms. The lowest BCUT2D eigenvalue weighted by Gasteiger charge is -2.18. The summed E-state index contributed by atoms with van der Waals surface area (Å²) in [5.41, 5.74) is 1.14. The second-order valence-electron chi connectivity index (χ2n) is 4.12. The summed E-state index contributed by atoms with van der Waals surface area (Å²) in [6.45, 7) is 8.22. The molecule has 1 rings (SSSR count). The van der Waals surface area contributed by atoms with Crippen LogP contribution < -0.4 is 10.2 Å². The molecule has 0 unspecified atom stereocenters. The van der Waals surface area contributed by atoms with Crippen molar-refractivity contribution in [3.05, 3.63) is 17.8 Å². The lowest BCUT2D eigenvalue weighted by Crippen LogP contribution is -2.33. The summed E-state index contributed by atoms with van der Waals surface area (Å²) in [4.78, 5) is 2.11. The fraction of sp³-hybridized carbons (Fsp3) is 0.636. The highest BCUT2D eigenvalue weighted by Crippen LogP contribution is 2.07. The second-order valence-corrected chi connectivity index (χ2v) is 4.12. The van der Waals surface area contributed by atoms with E-state index in [0.29, 0.717) is 6.04 Å². The summed E-state index contributed by atoms with van der Waals surface area (Å²) >= 11 is 0. The molecule has 0 saturated carbocycles. The van der Waals surface area contributed by atoms with Crippen molar-refractivity contribution < 1.29 is 0 Å². The van der Waals surface area contributed by atoms with Gasteiger partial charge in [-0.2, -0.15) is 5.10 Å². The Labute approximate surface area is 91.7 Å². The topological polar surface area (TPSA) is 41.1 Å². The molecule has 4 heteroatoms. The van der Waals surface area contributed by atoms with E-state index >= 15 is 0 Å². The molecule has 1 N–H and O–H groups in total. The molecule has 4 nitrogen and oxygen atoms in total. The number of nitrogens with zero attached hydrogens (tertiary/aromatic N) is 3. The number of hydrogen-bond acceptors (Lipinski definition) is 4. The Hall–Kier alpha value is -1.16. The third-order valence-electron chi connectivity index (χ3n) is 2.17. The number of rotatable bonds is 5. The van der Waals surface area contributed by atoms with Gasteiger partial charge in [-0.25, -0.2) is 0 Å². The van der Waals surface area contributed by atoms with E-state index in [2.05, 4.69) is 34.3 Å². The fourth-order valence-electron chi connectivity index (χ4n) is 1.27. The highest BCUT2D eigenvalue weighted by molar-refractivity contribution is 5.37. The minimum Gasteiger partial charge on any atom is -0.357 e. The molecular formula is C11H20N4. The smallest absolute Gasteiger partial charge is 0.151 e. The summed E-state index contributed by atoms with van der Waals surface area (Å²) in [5, 5.41) is 11.4. The van der Waals surface area contributed by atoms with Crippen molar-refractivity contribution in [1.82, 2.24) is 15.5 Å². The van der Waals surface area contributed by atoms with E-state index in [0.717, 1.165) is 24.5 Å². The SMILES string of the molecule is Cc1cnnc(N(C)CCNC(C)C)c1. The van der Waals surface area contributed by atoms with E-state index in [9.17, 15) is 0 Å². The Morgan fingerprint density at radius 2 is 2.20 bits per heavy atom. The van der Waals surface area contributed by atoms with Gasteiger partial charge in [-0.15, -0.1) is 5.10 Å². The number of anilines is 1. The van der Waals surface area contributed by atoms with Crippen LogP contribution in [0.1, 0.15) is 19.4 Å². The van der Waals surface area contributed by atoms with Crippen molar-refractivity contribution in [3.63, 3.8) is 0 Å². The van der Waals surface area contributed by atoms with Gasteiger partial charge in [0.2, 0.25) is 0 Å². The van der Waals surface area contributed by atoms with Crippen molar-refractivity contribution >= 4 is 5.82 Å². The molecule has 0 radical (unpaired) electrons. The van der Waals surface area contributed by atoms with Crippen LogP contribution in [0.15, 0.2) is 12.3 Å². The Morgan fingerprint density at radius 1 is 1.47 bits per heavy atom. The van der Waals surface area contributed by atoms with Gasteiger partial charge in [0.1, 0.15) is 0 Å². The van der Waals surface area contributed by atoms with Crippen molar-refractivity contribution in [1.29, 1.82) is 0 Å². The Kier molecular flexibility index (Phi) is 4.49. The molecule has 1 aromatic rings. The number of aryl methyl sites for hydroxylation is 1. The molecule has 0 saturated heterocycles. The second kappa shape index (κ2) is 5.66. The number of hydrogen-bond donors (Lipinski definition) is 1. The maximum absolute atomic E-state index is 4.09. The van der Waals surface area contributed by atoms with Crippen LogP contribution in [0.3, 0.4) is 0 Å². The first-order valence-electron chi connectivity index (χ1n) is 5.33. The molecule has 0 aliphatic heterocycles. The normalized spacial score (nSPS) is 10.7. The van der Waals surface area contributed by atoms with Crippen LogP contribution in [0.25, 0.3) is 0 Å². The van der Waals surface area contributed by atoms with Crippen molar-refractivity contribution in [2.75, 3.05) is 25.0 Å². The summed E-state index contributed by atoms with van der Waals surface area (Å²) in [7, 11) is 2.03. The number of aromatic nitrogens is 2. The van der Waals surface area contributed by atoms with Gasteiger partial charge in [0.15, 0.2) is 5.82 Å². The molecule has 1 heterocycles. The van der Waals surface area contributed by atoms with Gasteiger partial charge < -0.3 is 10.2 Å². The largest absolute Gasteiger partial charge is 0.357 e. The molecule has 0 atom stereocenters. The van der Waals surface area contributed by atoms with Gasteiger partial charge in [0.25, 0.3) is 0 Å². The third-order valence-corrected chi connectivity index (χ3v) is 2.17. The third kappa shape index (κ3) is 4.25. The summed E-state index contributed by atoms with van der Waals surface area (Å²) in [6, 6.07) is 2.57. The molecule has 0 fully saturated rings. The van der Waals surface area contributed by atoms with Crippen LogP contribution in [0.5, 0.6) is 0 Å². The zero-order valence-corrected chi connectivity index (χ0v) is 9.99. The highest BCUT2D eigenvalue weighted by Gasteiger charge is 2.02. The standard InChI is InChI=1S/C11H20N4/c1-9(2)12-5-6-15(4)11-7-10(3)8-13-14-11/h7-9,12H,5-6H2,1-4H3. The number of nitrogens with one attached hydrogen (secondary N) is 1. The van der Waals surface area contributed by atoms with Crippen molar-refractivity contribution in [2.45, 2.75) is 26.8 Å². The monoisotopic (exact) mass is 208 g/mol. The van der Waals surface area contributed by atoms with Crippen molar-refractivity contribution in [2.24, 2.45) is 0 Å². The minimum absolute atomic E-state index is 0.530. The highest BCUT2D eigenvalue weighted by atomic mass is 15.2.